The van der Waals surface area contributed by atoms with Gasteiger partial charge in [0.1, 0.15) is 11.5 Å². The van der Waals surface area contributed by atoms with Crippen molar-refractivity contribution in [1.29, 1.82) is 0 Å². The molecule has 0 spiro atoms. The Morgan fingerprint density at radius 2 is 1.00 bits per heavy atom. The SMILES string of the molecule is Cc1ccc(Oc2ccc(C)cc2)cc1.OCCO. The van der Waals surface area contributed by atoms with E-state index in [1.807, 2.05) is 48.5 Å². The predicted molar refractivity (Wildman–Crippen MR) is 76.6 cm³/mol. The summed E-state index contributed by atoms with van der Waals surface area (Å²) in [4.78, 5) is 0. The first kappa shape index (κ1) is 15.2. The third-order valence-electron chi connectivity index (χ3n) is 2.38. The highest BCUT2D eigenvalue weighted by molar-refractivity contribution is 5.33. The van der Waals surface area contributed by atoms with Crippen LogP contribution < -0.4 is 4.74 Å². The van der Waals surface area contributed by atoms with Crippen molar-refractivity contribution >= 4 is 0 Å². The van der Waals surface area contributed by atoms with Gasteiger partial charge < -0.3 is 14.9 Å². The Balaban J connectivity index is 0.000000399. The van der Waals surface area contributed by atoms with E-state index < -0.39 is 0 Å². The number of hydrogen-bond donors (Lipinski definition) is 2. The summed E-state index contributed by atoms with van der Waals surface area (Å²) >= 11 is 0. The minimum Gasteiger partial charge on any atom is -0.457 e. The summed E-state index contributed by atoms with van der Waals surface area (Å²) in [5, 5.41) is 15.2. The van der Waals surface area contributed by atoms with Gasteiger partial charge in [0.15, 0.2) is 0 Å². The van der Waals surface area contributed by atoms with Crippen molar-refractivity contribution in [2.45, 2.75) is 13.8 Å². The first-order valence-electron chi connectivity index (χ1n) is 6.18. The van der Waals surface area contributed by atoms with Crippen molar-refractivity contribution in [2.24, 2.45) is 0 Å². The zero-order valence-corrected chi connectivity index (χ0v) is 11.3. The van der Waals surface area contributed by atoms with Crippen LogP contribution in [0.3, 0.4) is 0 Å². The first-order chi connectivity index (χ1) is 9.15. The molecule has 0 amide bonds. The normalized spacial score (nSPS) is 9.47. The second kappa shape index (κ2) is 8.29. The van der Waals surface area contributed by atoms with Crippen LogP contribution >= 0.6 is 0 Å². The van der Waals surface area contributed by atoms with E-state index in [1.54, 1.807) is 0 Å². The van der Waals surface area contributed by atoms with Gasteiger partial charge in [-0.05, 0) is 38.1 Å². The molecule has 0 saturated carbocycles. The summed E-state index contributed by atoms with van der Waals surface area (Å²) in [6.45, 7) is 3.88. The molecule has 0 aliphatic heterocycles. The Labute approximate surface area is 114 Å². The Morgan fingerprint density at radius 3 is 1.26 bits per heavy atom. The van der Waals surface area contributed by atoms with Gasteiger partial charge in [0, 0.05) is 0 Å². The lowest BCUT2D eigenvalue weighted by Crippen LogP contribution is -1.85. The van der Waals surface area contributed by atoms with Crippen LogP contribution in [0.25, 0.3) is 0 Å². The van der Waals surface area contributed by atoms with Crippen molar-refractivity contribution in [3.63, 3.8) is 0 Å². The van der Waals surface area contributed by atoms with Crippen LogP contribution in [-0.2, 0) is 0 Å². The second-order valence-electron chi connectivity index (χ2n) is 4.18. The number of aliphatic hydroxyl groups is 2. The minimum atomic E-state index is -0.125. The van der Waals surface area contributed by atoms with Crippen molar-refractivity contribution in [3.8, 4) is 11.5 Å². The molecule has 3 heteroatoms. The molecule has 0 aliphatic rings. The Bertz CT molecular complexity index is 415. The zero-order valence-electron chi connectivity index (χ0n) is 11.3. The molecule has 0 fully saturated rings. The summed E-state index contributed by atoms with van der Waals surface area (Å²) in [6, 6.07) is 16.1. The van der Waals surface area contributed by atoms with Gasteiger partial charge in [-0.1, -0.05) is 35.4 Å². The van der Waals surface area contributed by atoms with E-state index in [1.165, 1.54) is 11.1 Å². The summed E-state index contributed by atoms with van der Waals surface area (Å²) in [7, 11) is 0. The highest BCUT2D eigenvalue weighted by Gasteiger charge is 1.95. The number of ether oxygens (including phenoxy) is 1. The molecule has 19 heavy (non-hydrogen) atoms. The molecule has 2 N–H and O–H groups in total. The topological polar surface area (TPSA) is 49.7 Å². The van der Waals surface area contributed by atoms with E-state index in [-0.39, 0.29) is 13.2 Å². The van der Waals surface area contributed by atoms with Crippen LogP contribution in [0, 0.1) is 13.8 Å². The smallest absolute Gasteiger partial charge is 0.127 e. The molecule has 0 aliphatic carbocycles. The molecule has 0 radical (unpaired) electrons. The van der Waals surface area contributed by atoms with E-state index in [2.05, 4.69) is 13.8 Å². The van der Waals surface area contributed by atoms with Crippen LogP contribution in [0.15, 0.2) is 48.5 Å². The minimum absolute atomic E-state index is 0.125. The average molecular weight is 260 g/mol. The molecule has 2 rings (SSSR count). The largest absolute Gasteiger partial charge is 0.457 e. The lowest BCUT2D eigenvalue weighted by atomic mass is 10.2. The lowest BCUT2D eigenvalue weighted by molar-refractivity contribution is 0.186. The standard InChI is InChI=1S/C14H14O.C2H6O2/c1-11-3-7-13(8-4-11)15-14-9-5-12(2)6-10-14;3-1-2-4/h3-10H,1-2H3;3-4H,1-2H2. The fraction of sp³-hybridized carbons (Fsp3) is 0.250. The number of hydrogen-bond acceptors (Lipinski definition) is 3. The maximum atomic E-state index is 7.62. The first-order valence-corrected chi connectivity index (χ1v) is 6.18. The van der Waals surface area contributed by atoms with Crippen molar-refractivity contribution in [3.05, 3.63) is 59.7 Å². The molecular formula is C16H20O3. The highest BCUT2D eigenvalue weighted by atomic mass is 16.5. The summed E-state index contributed by atoms with van der Waals surface area (Å²) in [5.41, 5.74) is 2.48. The quantitative estimate of drug-likeness (QED) is 0.891. The maximum Gasteiger partial charge on any atom is 0.127 e. The molecule has 2 aromatic carbocycles. The molecule has 102 valence electrons. The van der Waals surface area contributed by atoms with Gasteiger partial charge in [0.05, 0.1) is 13.2 Å². The summed E-state index contributed by atoms with van der Waals surface area (Å²) in [6.07, 6.45) is 0. The van der Waals surface area contributed by atoms with Gasteiger partial charge in [-0.2, -0.15) is 0 Å². The van der Waals surface area contributed by atoms with Crippen LogP contribution in [0.2, 0.25) is 0 Å². The lowest BCUT2D eigenvalue weighted by Gasteiger charge is -2.05. The van der Waals surface area contributed by atoms with Crippen LogP contribution in [0.1, 0.15) is 11.1 Å². The Kier molecular flexibility index (Phi) is 6.64. The molecule has 0 bridgehead atoms. The molecule has 0 unspecified atom stereocenters. The van der Waals surface area contributed by atoms with Gasteiger partial charge >= 0.3 is 0 Å². The fourth-order valence-corrected chi connectivity index (χ4v) is 1.35. The van der Waals surface area contributed by atoms with Crippen LogP contribution in [0.4, 0.5) is 0 Å². The predicted octanol–water partition coefficient (Wildman–Crippen LogP) is 3.07. The van der Waals surface area contributed by atoms with Gasteiger partial charge in [0.2, 0.25) is 0 Å². The molecular weight excluding hydrogens is 240 g/mol. The van der Waals surface area contributed by atoms with E-state index in [4.69, 9.17) is 14.9 Å². The van der Waals surface area contributed by atoms with Gasteiger partial charge in [-0.15, -0.1) is 0 Å². The van der Waals surface area contributed by atoms with Crippen LogP contribution in [-0.4, -0.2) is 23.4 Å². The fourth-order valence-electron chi connectivity index (χ4n) is 1.35. The molecule has 3 nitrogen and oxygen atoms in total. The van der Waals surface area contributed by atoms with Gasteiger partial charge in [0.25, 0.3) is 0 Å². The van der Waals surface area contributed by atoms with Gasteiger partial charge in [-0.3, -0.25) is 0 Å². The number of rotatable bonds is 3. The summed E-state index contributed by atoms with van der Waals surface area (Å²) in [5.74, 6) is 1.76. The van der Waals surface area contributed by atoms with Crippen molar-refractivity contribution in [2.75, 3.05) is 13.2 Å². The molecule has 0 atom stereocenters. The monoisotopic (exact) mass is 260 g/mol. The molecule has 2 aromatic rings. The molecule has 0 aromatic heterocycles. The van der Waals surface area contributed by atoms with E-state index in [0.717, 1.165) is 11.5 Å². The van der Waals surface area contributed by atoms with Crippen LogP contribution in [0.5, 0.6) is 11.5 Å². The highest BCUT2D eigenvalue weighted by Crippen LogP contribution is 2.21. The maximum absolute atomic E-state index is 7.62. The third-order valence-corrected chi connectivity index (χ3v) is 2.38. The molecule has 0 saturated heterocycles. The zero-order chi connectivity index (χ0) is 14.1. The van der Waals surface area contributed by atoms with Gasteiger partial charge in [-0.25, -0.2) is 0 Å². The molecule has 0 heterocycles. The third kappa shape index (κ3) is 6.04. The second-order valence-corrected chi connectivity index (χ2v) is 4.18. The van der Waals surface area contributed by atoms with E-state index in [0.29, 0.717) is 0 Å². The average Bonchev–Trinajstić information content (AvgIpc) is 2.44. The van der Waals surface area contributed by atoms with Crippen molar-refractivity contribution < 1.29 is 14.9 Å². The number of aliphatic hydroxyl groups excluding tert-OH is 2. The number of benzene rings is 2. The Morgan fingerprint density at radius 1 is 0.684 bits per heavy atom. The van der Waals surface area contributed by atoms with Crippen molar-refractivity contribution in [1.82, 2.24) is 0 Å². The summed E-state index contributed by atoms with van der Waals surface area (Å²) < 4.78 is 5.69. The Hall–Kier alpha value is -1.84. The van der Waals surface area contributed by atoms with E-state index in [9.17, 15) is 0 Å². The van der Waals surface area contributed by atoms with E-state index >= 15 is 0 Å². The number of aryl methyl sites for hydroxylation is 2.